The van der Waals surface area contributed by atoms with Gasteiger partial charge in [-0.15, -0.1) is 0 Å². The SMILES string of the molecule is Cc1ccc(N2CC(C(=O)N3CCCC(c4nn(C)c(=O)n4C(C)C)C3)CC2=O)cc1C. The molecule has 0 bridgehead atoms. The van der Waals surface area contributed by atoms with E-state index in [0.29, 0.717) is 19.6 Å². The van der Waals surface area contributed by atoms with Gasteiger partial charge in [0.15, 0.2) is 0 Å². The molecule has 0 N–H and O–H groups in total. The number of rotatable bonds is 4. The van der Waals surface area contributed by atoms with Crippen LogP contribution in [0.2, 0.25) is 0 Å². The summed E-state index contributed by atoms with van der Waals surface area (Å²) < 4.78 is 3.12. The molecule has 2 fully saturated rings. The van der Waals surface area contributed by atoms with E-state index in [2.05, 4.69) is 5.10 Å². The molecule has 3 heterocycles. The molecule has 0 spiro atoms. The predicted molar refractivity (Wildman–Crippen MR) is 123 cm³/mol. The van der Waals surface area contributed by atoms with Gasteiger partial charge < -0.3 is 9.80 Å². The highest BCUT2D eigenvalue weighted by atomic mass is 16.2. The predicted octanol–water partition coefficient (Wildman–Crippen LogP) is 2.54. The molecule has 1 aromatic carbocycles. The summed E-state index contributed by atoms with van der Waals surface area (Å²) in [5.41, 5.74) is 3.06. The third kappa shape index (κ3) is 3.98. The molecule has 0 radical (unpaired) electrons. The van der Waals surface area contributed by atoms with E-state index in [1.165, 1.54) is 10.2 Å². The van der Waals surface area contributed by atoms with Crippen molar-refractivity contribution in [1.82, 2.24) is 19.2 Å². The summed E-state index contributed by atoms with van der Waals surface area (Å²) in [6.45, 7) is 9.67. The first-order chi connectivity index (χ1) is 15.2. The summed E-state index contributed by atoms with van der Waals surface area (Å²) in [6, 6.07) is 6.00. The second-order valence-electron chi connectivity index (χ2n) is 9.53. The van der Waals surface area contributed by atoms with Crippen molar-refractivity contribution in [3.63, 3.8) is 0 Å². The molecule has 8 heteroatoms. The van der Waals surface area contributed by atoms with Gasteiger partial charge in [-0.3, -0.25) is 14.2 Å². The summed E-state index contributed by atoms with van der Waals surface area (Å²) in [6.07, 6.45) is 2.00. The van der Waals surface area contributed by atoms with Crippen molar-refractivity contribution in [2.24, 2.45) is 13.0 Å². The Morgan fingerprint density at radius 2 is 1.88 bits per heavy atom. The maximum Gasteiger partial charge on any atom is 0.345 e. The third-order valence-electron chi connectivity index (χ3n) is 6.87. The number of piperidine rings is 1. The van der Waals surface area contributed by atoms with Gasteiger partial charge in [-0.25, -0.2) is 9.48 Å². The highest BCUT2D eigenvalue weighted by molar-refractivity contribution is 6.00. The zero-order chi connectivity index (χ0) is 23.2. The normalized spacial score (nSPS) is 21.6. The van der Waals surface area contributed by atoms with Gasteiger partial charge in [0, 0.05) is 50.7 Å². The Hall–Kier alpha value is -2.90. The lowest BCUT2D eigenvalue weighted by atomic mass is 9.95. The Kier molecular flexibility index (Phi) is 5.97. The molecule has 172 valence electrons. The minimum atomic E-state index is -0.334. The number of hydrogen-bond acceptors (Lipinski definition) is 4. The number of amides is 2. The van der Waals surface area contributed by atoms with Crippen LogP contribution in [0.25, 0.3) is 0 Å². The van der Waals surface area contributed by atoms with Gasteiger partial charge in [-0.2, -0.15) is 5.10 Å². The zero-order valence-electron chi connectivity index (χ0n) is 19.7. The molecule has 4 rings (SSSR count). The van der Waals surface area contributed by atoms with Crippen molar-refractivity contribution < 1.29 is 9.59 Å². The number of aryl methyl sites for hydroxylation is 3. The first-order valence-corrected chi connectivity index (χ1v) is 11.5. The minimum Gasteiger partial charge on any atom is -0.342 e. The molecule has 0 aliphatic carbocycles. The highest BCUT2D eigenvalue weighted by Crippen LogP contribution is 2.31. The van der Waals surface area contributed by atoms with Crippen LogP contribution in [0.15, 0.2) is 23.0 Å². The lowest BCUT2D eigenvalue weighted by Crippen LogP contribution is -2.43. The Balaban J connectivity index is 1.49. The second kappa shape index (κ2) is 8.56. The van der Waals surface area contributed by atoms with Gasteiger partial charge in [-0.1, -0.05) is 6.07 Å². The zero-order valence-corrected chi connectivity index (χ0v) is 19.7. The standard InChI is InChI=1S/C24H33N5O3/c1-15(2)29-22(25-26(5)24(29)32)18-7-6-10-27(13-18)23(31)19-12-21(30)28(14-19)20-9-8-16(3)17(4)11-20/h8-9,11,15,18-19H,6-7,10,12-14H2,1-5H3. The van der Waals surface area contributed by atoms with Gasteiger partial charge in [0.05, 0.1) is 5.92 Å². The average molecular weight is 440 g/mol. The smallest absolute Gasteiger partial charge is 0.342 e. The van der Waals surface area contributed by atoms with E-state index in [9.17, 15) is 14.4 Å². The monoisotopic (exact) mass is 439 g/mol. The second-order valence-corrected chi connectivity index (χ2v) is 9.53. The van der Waals surface area contributed by atoms with Gasteiger partial charge in [0.2, 0.25) is 11.8 Å². The van der Waals surface area contributed by atoms with Crippen LogP contribution in [0.1, 0.15) is 62.0 Å². The van der Waals surface area contributed by atoms with Gasteiger partial charge in [0.25, 0.3) is 0 Å². The fraction of sp³-hybridized carbons (Fsp3) is 0.583. The van der Waals surface area contributed by atoms with E-state index < -0.39 is 0 Å². The molecule has 8 nitrogen and oxygen atoms in total. The molecular weight excluding hydrogens is 406 g/mol. The van der Waals surface area contributed by atoms with Crippen molar-refractivity contribution in [2.45, 2.75) is 58.9 Å². The van der Waals surface area contributed by atoms with E-state index >= 15 is 0 Å². The van der Waals surface area contributed by atoms with Crippen LogP contribution in [0.5, 0.6) is 0 Å². The van der Waals surface area contributed by atoms with Crippen LogP contribution >= 0.6 is 0 Å². The summed E-state index contributed by atoms with van der Waals surface area (Å²) in [5.74, 6) is 0.474. The lowest BCUT2D eigenvalue weighted by molar-refractivity contribution is -0.137. The molecule has 2 aliphatic heterocycles. The number of benzene rings is 1. The molecule has 32 heavy (non-hydrogen) atoms. The van der Waals surface area contributed by atoms with Crippen molar-refractivity contribution in [1.29, 1.82) is 0 Å². The topological polar surface area (TPSA) is 80.4 Å². The summed E-state index contributed by atoms with van der Waals surface area (Å²) in [5, 5.41) is 4.49. The van der Waals surface area contributed by atoms with Gasteiger partial charge in [0.1, 0.15) is 5.82 Å². The van der Waals surface area contributed by atoms with Crippen LogP contribution in [-0.4, -0.2) is 50.7 Å². The molecule has 2 aromatic rings. The van der Waals surface area contributed by atoms with Crippen LogP contribution in [0.3, 0.4) is 0 Å². The summed E-state index contributed by atoms with van der Waals surface area (Å²) in [4.78, 5) is 42.2. The van der Waals surface area contributed by atoms with Gasteiger partial charge in [-0.05, 0) is 63.8 Å². The Bertz CT molecular complexity index is 1100. The van der Waals surface area contributed by atoms with E-state index in [1.807, 2.05) is 50.8 Å². The van der Waals surface area contributed by atoms with Crippen molar-refractivity contribution in [3.05, 3.63) is 45.6 Å². The van der Waals surface area contributed by atoms with Crippen molar-refractivity contribution in [3.8, 4) is 0 Å². The maximum atomic E-state index is 13.4. The first-order valence-electron chi connectivity index (χ1n) is 11.5. The molecule has 2 unspecified atom stereocenters. The molecule has 2 atom stereocenters. The quantitative estimate of drug-likeness (QED) is 0.733. The number of carbonyl (C=O) groups excluding carboxylic acids is 2. The highest BCUT2D eigenvalue weighted by Gasteiger charge is 2.39. The number of likely N-dealkylation sites (tertiary alicyclic amines) is 1. The van der Waals surface area contributed by atoms with Gasteiger partial charge >= 0.3 is 5.69 Å². The summed E-state index contributed by atoms with van der Waals surface area (Å²) >= 11 is 0. The Morgan fingerprint density at radius 3 is 2.56 bits per heavy atom. The van der Waals surface area contributed by atoms with E-state index in [0.717, 1.165) is 29.9 Å². The average Bonchev–Trinajstić information content (AvgIpc) is 3.29. The Morgan fingerprint density at radius 1 is 1.12 bits per heavy atom. The molecule has 2 amide bonds. The van der Waals surface area contributed by atoms with Crippen LogP contribution in [0, 0.1) is 19.8 Å². The van der Waals surface area contributed by atoms with E-state index in [-0.39, 0.29) is 41.8 Å². The minimum absolute atomic E-state index is 0.00136. The van der Waals surface area contributed by atoms with Crippen LogP contribution in [-0.2, 0) is 16.6 Å². The fourth-order valence-electron chi connectivity index (χ4n) is 4.92. The lowest BCUT2D eigenvalue weighted by Gasteiger charge is -2.34. The number of hydrogen-bond donors (Lipinski definition) is 0. The number of nitrogens with zero attached hydrogens (tertiary/aromatic N) is 5. The maximum absolute atomic E-state index is 13.4. The summed E-state index contributed by atoms with van der Waals surface area (Å²) in [7, 11) is 1.67. The molecule has 1 aromatic heterocycles. The third-order valence-corrected chi connectivity index (χ3v) is 6.87. The fourth-order valence-corrected chi connectivity index (χ4v) is 4.92. The number of anilines is 1. The number of carbonyl (C=O) groups is 2. The van der Waals surface area contributed by atoms with E-state index in [4.69, 9.17) is 0 Å². The van der Waals surface area contributed by atoms with Crippen molar-refractivity contribution in [2.75, 3.05) is 24.5 Å². The molecular formula is C24H33N5O3. The van der Waals surface area contributed by atoms with Crippen molar-refractivity contribution >= 4 is 17.5 Å². The van der Waals surface area contributed by atoms with Crippen LogP contribution < -0.4 is 10.6 Å². The number of aromatic nitrogens is 3. The molecule has 2 saturated heterocycles. The Labute approximate surface area is 188 Å². The first kappa shape index (κ1) is 22.3. The molecule has 2 aliphatic rings. The molecule has 0 saturated carbocycles. The largest absolute Gasteiger partial charge is 0.345 e. The van der Waals surface area contributed by atoms with E-state index in [1.54, 1.807) is 16.5 Å². The van der Waals surface area contributed by atoms with Crippen LogP contribution in [0.4, 0.5) is 5.69 Å².